The van der Waals surface area contributed by atoms with Gasteiger partial charge in [0.25, 0.3) is 0 Å². The molecule has 5 nitrogen and oxygen atoms in total. The van der Waals surface area contributed by atoms with E-state index in [0.29, 0.717) is 0 Å². The number of primary sulfonamides is 1. The number of carboxylic acid groups (broad SMARTS) is 1. The summed E-state index contributed by atoms with van der Waals surface area (Å²) in [4.78, 5) is 10.4. The summed E-state index contributed by atoms with van der Waals surface area (Å²) >= 11 is 0.791. The van der Waals surface area contributed by atoms with Gasteiger partial charge in [0.15, 0.2) is 0 Å². The monoisotopic (exact) mass is 207 g/mol. The number of carbonyl (C=O) groups is 1. The number of aromatic carboxylic acids is 1. The molecular weight excluding hydrogens is 202 g/mol. The maximum absolute atomic E-state index is 10.7. The third-order valence-corrected chi connectivity index (χ3v) is 3.55. The van der Waals surface area contributed by atoms with Crippen molar-refractivity contribution < 1.29 is 18.3 Å². The van der Waals surface area contributed by atoms with E-state index in [1.165, 1.54) is 11.4 Å². The predicted molar refractivity (Wildman–Crippen MR) is 42.7 cm³/mol. The smallest absolute Gasteiger partial charge is 0.337 e. The van der Waals surface area contributed by atoms with Crippen LogP contribution in [0.1, 0.15) is 10.4 Å². The van der Waals surface area contributed by atoms with Gasteiger partial charge in [0, 0.05) is 0 Å². The molecule has 0 fully saturated rings. The van der Waals surface area contributed by atoms with Gasteiger partial charge in [-0.2, -0.15) is 0 Å². The minimum Gasteiger partial charge on any atom is -0.478 e. The fourth-order valence-electron chi connectivity index (χ4n) is 0.674. The maximum atomic E-state index is 10.7. The fourth-order valence-corrected chi connectivity index (χ4v) is 2.45. The van der Waals surface area contributed by atoms with Crippen LogP contribution in [-0.4, -0.2) is 19.5 Å². The Hall–Kier alpha value is -0.920. The van der Waals surface area contributed by atoms with E-state index >= 15 is 0 Å². The van der Waals surface area contributed by atoms with E-state index in [2.05, 4.69) is 0 Å². The first-order chi connectivity index (χ1) is 5.43. The molecule has 1 aromatic rings. The molecule has 0 aromatic carbocycles. The maximum Gasteiger partial charge on any atom is 0.337 e. The van der Waals surface area contributed by atoms with E-state index in [-0.39, 0.29) is 9.77 Å². The van der Waals surface area contributed by atoms with Crippen LogP contribution in [-0.2, 0) is 10.0 Å². The van der Waals surface area contributed by atoms with Crippen LogP contribution in [0.5, 0.6) is 0 Å². The number of hydrogen-bond acceptors (Lipinski definition) is 4. The third-order valence-electron chi connectivity index (χ3n) is 1.12. The molecule has 66 valence electrons. The highest BCUT2D eigenvalue weighted by Crippen LogP contribution is 2.20. The summed E-state index contributed by atoms with van der Waals surface area (Å²) in [6.45, 7) is 0. The molecule has 1 aromatic heterocycles. The molecule has 0 saturated heterocycles. The Labute approximate surface area is 72.5 Å². The van der Waals surface area contributed by atoms with Gasteiger partial charge >= 0.3 is 5.97 Å². The lowest BCUT2D eigenvalue weighted by Gasteiger charge is -1.94. The van der Waals surface area contributed by atoms with Crippen LogP contribution >= 0.6 is 11.3 Å². The highest BCUT2D eigenvalue weighted by Gasteiger charge is 2.19. The normalized spacial score (nSPS) is 11.4. The first kappa shape index (κ1) is 9.17. The number of carboxylic acids is 1. The Balaban J connectivity index is 3.36. The van der Waals surface area contributed by atoms with Crippen LogP contribution in [0.15, 0.2) is 15.7 Å². The molecule has 1 heterocycles. The Morgan fingerprint density at radius 3 is 2.50 bits per heavy atom. The van der Waals surface area contributed by atoms with Gasteiger partial charge in [-0.15, -0.1) is 11.3 Å². The quantitative estimate of drug-likeness (QED) is 0.718. The molecule has 0 radical (unpaired) electrons. The van der Waals surface area contributed by atoms with Crippen LogP contribution in [0.4, 0.5) is 0 Å². The van der Waals surface area contributed by atoms with Crippen molar-refractivity contribution in [3.63, 3.8) is 0 Å². The van der Waals surface area contributed by atoms with Crippen molar-refractivity contribution in [1.82, 2.24) is 0 Å². The summed E-state index contributed by atoms with van der Waals surface area (Å²) in [5.41, 5.74) is -0.275. The highest BCUT2D eigenvalue weighted by atomic mass is 32.2. The Morgan fingerprint density at radius 1 is 1.58 bits per heavy atom. The SMILES string of the molecule is NS(=O)(=O)c1sccc1C(=O)O. The van der Waals surface area contributed by atoms with Gasteiger partial charge in [0.2, 0.25) is 10.0 Å². The zero-order chi connectivity index (χ0) is 9.35. The van der Waals surface area contributed by atoms with Gasteiger partial charge in [-0.1, -0.05) is 0 Å². The second-order valence-electron chi connectivity index (χ2n) is 1.97. The number of rotatable bonds is 2. The molecule has 0 aliphatic heterocycles. The van der Waals surface area contributed by atoms with Crippen molar-refractivity contribution in [2.45, 2.75) is 4.21 Å². The molecule has 0 amide bonds. The average molecular weight is 207 g/mol. The standard InChI is InChI=1S/C5H5NO4S2/c6-12(9,10)5-3(4(7)8)1-2-11-5/h1-2H,(H,7,8)(H2,6,9,10). The summed E-state index contributed by atoms with van der Waals surface area (Å²) in [6.07, 6.45) is 0. The zero-order valence-corrected chi connectivity index (χ0v) is 7.35. The Bertz CT molecular complexity index is 405. The summed E-state index contributed by atoms with van der Waals surface area (Å²) in [5.74, 6) is -1.29. The van der Waals surface area contributed by atoms with Gasteiger partial charge in [-0.05, 0) is 11.4 Å². The van der Waals surface area contributed by atoms with Gasteiger partial charge in [-0.3, -0.25) is 0 Å². The van der Waals surface area contributed by atoms with E-state index < -0.39 is 16.0 Å². The van der Waals surface area contributed by atoms with Gasteiger partial charge in [-0.25, -0.2) is 18.4 Å². The first-order valence-electron chi connectivity index (χ1n) is 2.76. The second kappa shape index (κ2) is 2.85. The molecular formula is C5H5NO4S2. The Morgan fingerprint density at radius 2 is 2.17 bits per heavy atom. The van der Waals surface area contributed by atoms with Gasteiger partial charge in [0.1, 0.15) is 4.21 Å². The lowest BCUT2D eigenvalue weighted by Crippen LogP contribution is -2.14. The first-order valence-corrected chi connectivity index (χ1v) is 5.19. The molecule has 7 heteroatoms. The van der Waals surface area contributed by atoms with Gasteiger partial charge < -0.3 is 5.11 Å². The van der Waals surface area contributed by atoms with Crippen LogP contribution in [0, 0.1) is 0 Å². The number of hydrogen-bond donors (Lipinski definition) is 2. The molecule has 3 N–H and O–H groups in total. The van der Waals surface area contributed by atoms with Crippen LogP contribution in [0.2, 0.25) is 0 Å². The zero-order valence-electron chi connectivity index (χ0n) is 5.72. The molecule has 0 bridgehead atoms. The molecule has 0 aliphatic carbocycles. The van der Waals surface area contributed by atoms with E-state index in [9.17, 15) is 13.2 Å². The number of sulfonamides is 1. The average Bonchev–Trinajstić information content (AvgIpc) is 2.30. The van der Waals surface area contributed by atoms with Crippen LogP contribution in [0.25, 0.3) is 0 Å². The van der Waals surface area contributed by atoms with Crippen molar-refractivity contribution in [3.05, 3.63) is 17.0 Å². The molecule has 0 atom stereocenters. The molecule has 0 spiro atoms. The van der Waals surface area contributed by atoms with Crippen molar-refractivity contribution in [1.29, 1.82) is 0 Å². The Kier molecular flexibility index (Phi) is 2.18. The van der Waals surface area contributed by atoms with Gasteiger partial charge in [0.05, 0.1) is 5.56 Å². The van der Waals surface area contributed by atoms with E-state index in [1.807, 2.05) is 0 Å². The number of nitrogens with two attached hydrogens (primary N) is 1. The second-order valence-corrected chi connectivity index (χ2v) is 4.64. The van der Waals surface area contributed by atoms with Crippen molar-refractivity contribution in [2.75, 3.05) is 0 Å². The molecule has 1 rings (SSSR count). The van der Waals surface area contributed by atoms with Crippen LogP contribution < -0.4 is 5.14 Å². The summed E-state index contributed by atoms with van der Waals surface area (Å²) in [7, 11) is -3.90. The van der Waals surface area contributed by atoms with E-state index in [0.717, 1.165) is 11.3 Å². The van der Waals surface area contributed by atoms with E-state index in [4.69, 9.17) is 10.2 Å². The van der Waals surface area contributed by atoms with Crippen molar-refractivity contribution >= 4 is 27.3 Å². The minimum absolute atomic E-state index is 0.275. The lowest BCUT2D eigenvalue weighted by molar-refractivity contribution is 0.0693. The van der Waals surface area contributed by atoms with Crippen LogP contribution in [0.3, 0.4) is 0 Å². The molecule has 12 heavy (non-hydrogen) atoms. The highest BCUT2D eigenvalue weighted by molar-refractivity contribution is 7.91. The summed E-state index contributed by atoms with van der Waals surface area (Å²) in [6, 6.07) is 1.20. The minimum atomic E-state index is -3.90. The predicted octanol–water partition coefficient (Wildman–Crippen LogP) is 0.0937. The molecule has 0 unspecified atom stereocenters. The fraction of sp³-hybridized carbons (Fsp3) is 0. The summed E-state index contributed by atoms with van der Waals surface area (Å²) in [5, 5.41) is 14.6. The topological polar surface area (TPSA) is 97.5 Å². The summed E-state index contributed by atoms with van der Waals surface area (Å²) < 4.78 is 21.2. The van der Waals surface area contributed by atoms with E-state index in [1.54, 1.807) is 0 Å². The lowest BCUT2D eigenvalue weighted by atomic mass is 10.4. The van der Waals surface area contributed by atoms with Crippen molar-refractivity contribution in [3.8, 4) is 0 Å². The number of thiophene rings is 1. The molecule has 0 saturated carbocycles. The van der Waals surface area contributed by atoms with Crippen molar-refractivity contribution in [2.24, 2.45) is 5.14 Å². The largest absolute Gasteiger partial charge is 0.478 e. The molecule has 0 aliphatic rings. The third kappa shape index (κ3) is 1.63.